The highest BCUT2D eigenvalue weighted by Gasteiger charge is 2.40. The molecule has 2 aliphatic heterocycles. The van der Waals surface area contributed by atoms with Gasteiger partial charge in [-0.3, -0.25) is 9.59 Å². The van der Waals surface area contributed by atoms with Gasteiger partial charge in [-0.1, -0.05) is 6.92 Å². The lowest BCUT2D eigenvalue weighted by atomic mass is 9.85. The molecule has 2 aliphatic rings. The summed E-state index contributed by atoms with van der Waals surface area (Å²) in [5.74, 6) is -0.654. The third kappa shape index (κ3) is 1.84. The van der Waals surface area contributed by atoms with Crippen LogP contribution in [0, 0.1) is 17.8 Å². The molecular formula is C10H16N2O3. The van der Waals surface area contributed by atoms with Gasteiger partial charge in [-0.15, -0.1) is 0 Å². The van der Waals surface area contributed by atoms with Crippen molar-refractivity contribution >= 4 is 11.9 Å². The molecule has 1 atom stereocenters. The number of nitrogens with zero attached hydrogens (tertiary/aromatic N) is 1. The van der Waals surface area contributed by atoms with E-state index < -0.39 is 5.97 Å². The minimum absolute atomic E-state index is 0.131. The summed E-state index contributed by atoms with van der Waals surface area (Å²) in [4.78, 5) is 24.2. The van der Waals surface area contributed by atoms with Crippen LogP contribution in [0.3, 0.4) is 0 Å². The molecule has 2 saturated heterocycles. The van der Waals surface area contributed by atoms with Crippen LogP contribution in [-0.2, 0) is 9.59 Å². The van der Waals surface area contributed by atoms with Crippen LogP contribution < -0.4 is 5.32 Å². The van der Waals surface area contributed by atoms with Crippen molar-refractivity contribution in [1.82, 2.24) is 10.2 Å². The molecule has 0 aliphatic carbocycles. The molecule has 2 heterocycles. The number of carbonyl (C=O) groups is 2. The maximum Gasteiger partial charge on any atom is 0.306 e. The topological polar surface area (TPSA) is 69.6 Å². The van der Waals surface area contributed by atoms with Gasteiger partial charge in [0, 0.05) is 32.1 Å². The Morgan fingerprint density at radius 1 is 1.40 bits per heavy atom. The number of rotatable bonds is 3. The van der Waals surface area contributed by atoms with E-state index in [0.717, 1.165) is 13.1 Å². The Balaban J connectivity index is 1.77. The summed E-state index contributed by atoms with van der Waals surface area (Å²) >= 11 is 0. The Bertz CT molecular complexity index is 282. The van der Waals surface area contributed by atoms with Crippen LogP contribution in [0.1, 0.15) is 6.92 Å². The zero-order valence-electron chi connectivity index (χ0n) is 8.77. The van der Waals surface area contributed by atoms with E-state index in [1.54, 1.807) is 11.8 Å². The van der Waals surface area contributed by atoms with Crippen LogP contribution in [-0.4, -0.2) is 48.1 Å². The average molecular weight is 212 g/mol. The molecule has 0 aromatic heterocycles. The first kappa shape index (κ1) is 10.4. The van der Waals surface area contributed by atoms with Gasteiger partial charge in [0.15, 0.2) is 0 Å². The second-order valence-corrected chi connectivity index (χ2v) is 4.49. The zero-order valence-corrected chi connectivity index (χ0v) is 8.77. The van der Waals surface area contributed by atoms with Crippen LogP contribution in [0.15, 0.2) is 0 Å². The molecule has 0 saturated carbocycles. The molecule has 15 heavy (non-hydrogen) atoms. The molecule has 5 heteroatoms. The highest BCUT2D eigenvalue weighted by atomic mass is 16.4. The normalized spacial score (nSPS) is 24.2. The van der Waals surface area contributed by atoms with Crippen LogP contribution in [0.4, 0.5) is 0 Å². The summed E-state index contributed by atoms with van der Waals surface area (Å²) in [6.07, 6.45) is 0. The molecule has 1 unspecified atom stereocenters. The first-order valence-electron chi connectivity index (χ1n) is 5.32. The van der Waals surface area contributed by atoms with Gasteiger partial charge in [0.1, 0.15) is 0 Å². The number of hydrogen-bond acceptors (Lipinski definition) is 3. The van der Waals surface area contributed by atoms with Crippen molar-refractivity contribution in [2.45, 2.75) is 6.92 Å². The quantitative estimate of drug-likeness (QED) is 0.654. The number of carboxylic acid groups (broad SMARTS) is 1. The van der Waals surface area contributed by atoms with Crippen LogP contribution in [0.5, 0.6) is 0 Å². The largest absolute Gasteiger partial charge is 0.481 e. The van der Waals surface area contributed by atoms with E-state index in [0.29, 0.717) is 13.1 Å². The zero-order chi connectivity index (χ0) is 11.0. The van der Waals surface area contributed by atoms with E-state index in [4.69, 9.17) is 5.11 Å². The first-order chi connectivity index (χ1) is 7.09. The van der Waals surface area contributed by atoms with Crippen LogP contribution in [0.2, 0.25) is 0 Å². The lowest BCUT2D eigenvalue weighted by molar-refractivity contribution is -0.153. The molecule has 0 bridgehead atoms. The van der Waals surface area contributed by atoms with E-state index >= 15 is 0 Å². The maximum atomic E-state index is 11.7. The summed E-state index contributed by atoms with van der Waals surface area (Å²) < 4.78 is 0. The van der Waals surface area contributed by atoms with Crippen molar-refractivity contribution in [2.75, 3.05) is 26.2 Å². The van der Waals surface area contributed by atoms with Crippen molar-refractivity contribution in [3.05, 3.63) is 0 Å². The highest BCUT2D eigenvalue weighted by Crippen LogP contribution is 2.26. The molecule has 84 valence electrons. The Labute approximate surface area is 88.4 Å². The van der Waals surface area contributed by atoms with Gasteiger partial charge < -0.3 is 15.3 Å². The molecule has 0 radical (unpaired) electrons. The van der Waals surface area contributed by atoms with Crippen LogP contribution in [0.25, 0.3) is 0 Å². The lowest BCUT2D eigenvalue weighted by Crippen LogP contribution is -2.59. The van der Waals surface area contributed by atoms with E-state index in [2.05, 4.69) is 5.32 Å². The Hall–Kier alpha value is -1.10. The minimum Gasteiger partial charge on any atom is -0.481 e. The fraction of sp³-hybridized carbons (Fsp3) is 0.800. The molecule has 2 rings (SSSR count). The summed E-state index contributed by atoms with van der Waals surface area (Å²) in [6.45, 7) is 4.48. The van der Waals surface area contributed by atoms with Gasteiger partial charge in [0.25, 0.3) is 0 Å². The van der Waals surface area contributed by atoms with E-state index in [-0.39, 0.29) is 23.7 Å². The van der Waals surface area contributed by atoms with Crippen molar-refractivity contribution in [1.29, 1.82) is 0 Å². The fourth-order valence-corrected chi connectivity index (χ4v) is 1.93. The van der Waals surface area contributed by atoms with Gasteiger partial charge in [-0.2, -0.15) is 0 Å². The summed E-state index contributed by atoms with van der Waals surface area (Å²) in [7, 11) is 0. The van der Waals surface area contributed by atoms with Crippen molar-refractivity contribution in [3.63, 3.8) is 0 Å². The van der Waals surface area contributed by atoms with Gasteiger partial charge >= 0.3 is 5.97 Å². The number of amides is 1. The third-order valence-corrected chi connectivity index (χ3v) is 3.45. The number of aliphatic carboxylic acids is 1. The Morgan fingerprint density at radius 3 is 2.40 bits per heavy atom. The number of likely N-dealkylation sites (tertiary alicyclic amines) is 1. The lowest BCUT2D eigenvalue weighted by Gasteiger charge is -2.44. The predicted octanol–water partition coefficient (Wildman–Crippen LogP) is -0.615. The predicted molar refractivity (Wildman–Crippen MR) is 53.2 cm³/mol. The second-order valence-electron chi connectivity index (χ2n) is 4.49. The number of carbonyl (C=O) groups excluding carboxylic acids is 1. The van der Waals surface area contributed by atoms with Gasteiger partial charge in [-0.25, -0.2) is 0 Å². The average Bonchev–Trinajstić information content (AvgIpc) is 1.97. The van der Waals surface area contributed by atoms with E-state index in [1.807, 2.05) is 0 Å². The summed E-state index contributed by atoms with van der Waals surface area (Å²) in [5.41, 5.74) is 0. The van der Waals surface area contributed by atoms with Gasteiger partial charge in [-0.05, 0) is 0 Å². The first-order valence-corrected chi connectivity index (χ1v) is 5.32. The summed E-state index contributed by atoms with van der Waals surface area (Å²) in [6, 6.07) is 0. The Morgan fingerprint density at radius 2 is 2.00 bits per heavy atom. The summed E-state index contributed by atoms with van der Waals surface area (Å²) in [5, 5.41) is 11.9. The number of hydrogen-bond donors (Lipinski definition) is 2. The molecule has 0 aromatic rings. The standard InChI is InChI=1S/C10H16N2O3/c1-6(10(14)15)8-4-12(5-8)9(13)7-2-11-3-7/h6-8,11H,2-5H2,1H3,(H,14,15). The van der Waals surface area contributed by atoms with Gasteiger partial charge in [0.2, 0.25) is 5.91 Å². The van der Waals surface area contributed by atoms with Crippen molar-refractivity contribution < 1.29 is 14.7 Å². The van der Waals surface area contributed by atoms with Crippen LogP contribution >= 0.6 is 0 Å². The molecule has 0 spiro atoms. The van der Waals surface area contributed by atoms with Crippen molar-refractivity contribution in [2.24, 2.45) is 17.8 Å². The van der Waals surface area contributed by atoms with E-state index in [1.165, 1.54) is 0 Å². The molecule has 2 fully saturated rings. The smallest absolute Gasteiger partial charge is 0.306 e. The number of nitrogens with one attached hydrogen (secondary N) is 1. The fourth-order valence-electron chi connectivity index (χ4n) is 1.93. The highest BCUT2D eigenvalue weighted by molar-refractivity contribution is 5.81. The molecule has 0 aromatic carbocycles. The second kappa shape index (κ2) is 3.81. The molecule has 2 N–H and O–H groups in total. The minimum atomic E-state index is -0.766. The maximum absolute atomic E-state index is 11.7. The molecular weight excluding hydrogens is 196 g/mol. The molecule has 5 nitrogen and oxygen atoms in total. The van der Waals surface area contributed by atoms with Gasteiger partial charge in [0.05, 0.1) is 11.8 Å². The van der Waals surface area contributed by atoms with E-state index in [9.17, 15) is 9.59 Å². The molecule has 1 amide bonds. The third-order valence-electron chi connectivity index (χ3n) is 3.45. The monoisotopic (exact) mass is 212 g/mol. The number of carboxylic acids is 1. The SMILES string of the molecule is CC(C(=O)O)C1CN(C(=O)C2CNC2)C1. The van der Waals surface area contributed by atoms with Crippen molar-refractivity contribution in [3.8, 4) is 0 Å². The Kier molecular flexibility index (Phi) is 2.65.